The van der Waals surface area contributed by atoms with Crippen LogP contribution in [0.25, 0.3) is 0 Å². The topological polar surface area (TPSA) is 137 Å². The highest BCUT2D eigenvalue weighted by Gasteiger charge is 2.37. The zero-order valence-electron chi connectivity index (χ0n) is 21.8. The van der Waals surface area contributed by atoms with Crippen LogP contribution in [-0.2, 0) is 27.3 Å². The van der Waals surface area contributed by atoms with Crippen molar-refractivity contribution < 1.29 is 19.2 Å². The van der Waals surface area contributed by atoms with E-state index in [-0.39, 0.29) is 23.6 Å². The van der Waals surface area contributed by atoms with Crippen molar-refractivity contribution in [2.75, 3.05) is 33.0 Å². The molecular weight excluding hydrogens is 530 g/mol. The number of thiazole rings is 1. The second-order valence-electron chi connectivity index (χ2n) is 10.00. The Kier molecular flexibility index (Phi) is 8.64. The van der Waals surface area contributed by atoms with Crippen LogP contribution in [0.1, 0.15) is 45.3 Å². The highest BCUT2D eigenvalue weighted by atomic mass is 35.5. The van der Waals surface area contributed by atoms with E-state index in [1.54, 1.807) is 27.1 Å². The van der Waals surface area contributed by atoms with Crippen LogP contribution in [-0.4, -0.2) is 83.2 Å². The quantitative estimate of drug-likeness (QED) is 0.472. The molecule has 3 atom stereocenters. The van der Waals surface area contributed by atoms with Gasteiger partial charge < -0.3 is 25.8 Å². The van der Waals surface area contributed by atoms with E-state index in [9.17, 15) is 19.2 Å². The Morgan fingerprint density at radius 3 is 2.55 bits per heavy atom. The van der Waals surface area contributed by atoms with Crippen LogP contribution in [0.4, 0.5) is 5.82 Å². The van der Waals surface area contributed by atoms with Crippen molar-refractivity contribution in [2.24, 2.45) is 5.92 Å². The molecule has 4 rings (SSSR count). The number of carbonyl (C=O) groups excluding carboxylic acids is 4. The van der Waals surface area contributed by atoms with Gasteiger partial charge in [0.2, 0.25) is 5.91 Å². The summed E-state index contributed by atoms with van der Waals surface area (Å²) >= 11 is 7.34. The molecule has 0 aromatic carbocycles. The number of rotatable bonds is 5. The molecular formula is C25H32ClN7O4S. The van der Waals surface area contributed by atoms with E-state index in [1.165, 1.54) is 22.3 Å². The molecule has 0 unspecified atom stereocenters. The number of pyridine rings is 1. The van der Waals surface area contributed by atoms with E-state index in [2.05, 4.69) is 30.8 Å². The lowest BCUT2D eigenvalue weighted by atomic mass is 9.81. The van der Waals surface area contributed by atoms with Crippen LogP contribution in [0.3, 0.4) is 0 Å². The molecule has 2 aromatic heterocycles. The van der Waals surface area contributed by atoms with E-state index in [0.717, 1.165) is 30.1 Å². The summed E-state index contributed by atoms with van der Waals surface area (Å²) < 4.78 is 0. The van der Waals surface area contributed by atoms with Gasteiger partial charge in [-0.1, -0.05) is 11.6 Å². The smallest absolute Gasteiger partial charge is 0.314 e. The maximum Gasteiger partial charge on any atom is 0.314 e. The number of aromatic nitrogens is 2. The fourth-order valence-electron chi connectivity index (χ4n) is 4.76. The molecule has 204 valence electrons. The molecule has 0 saturated heterocycles. The molecule has 3 N–H and O–H groups in total. The number of halogens is 1. The minimum absolute atomic E-state index is 0.0382. The van der Waals surface area contributed by atoms with Crippen LogP contribution in [0, 0.1) is 12.8 Å². The first-order valence-electron chi connectivity index (χ1n) is 12.5. The Morgan fingerprint density at radius 2 is 1.84 bits per heavy atom. The zero-order chi connectivity index (χ0) is 27.6. The number of nitrogens with one attached hydrogen (secondary N) is 3. The lowest BCUT2D eigenvalue weighted by Gasteiger charge is -2.37. The van der Waals surface area contributed by atoms with Crippen LogP contribution in [0.15, 0.2) is 12.1 Å². The number of likely N-dealkylation sites (N-methyl/N-ethyl adjacent to an activating group) is 1. The second kappa shape index (κ2) is 11.7. The lowest BCUT2D eigenvalue weighted by molar-refractivity contribution is -0.137. The third-order valence-corrected chi connectivity index (χ3v) is 8.34. The van der Waals surface area contributed by atoms with Crippen LogP contribution in [0.5, 0.6) is 0 Å². The van der Waals surface area contributed by atoms with Gasteiger partial charge in [-0.3, -0.25) is 19.2 Å². The molecule has 13 heteroatoms. The molecule has 1 aliphatic heterocycles. The van der Waals surface area contributed by atoms with Crippen LogP contribution in [0.2, 0.25) is 5.02 Å². The Morgan fingerprint density at radius 1 is 1.08 bits per heavy atom. The summed E-state index contributed by atoms with van der Waals surface area (Å²) in [5.41, 5.74) is 1.46. The first-order valence-corrected chi connectivity index (χ1v) is 13.7. The third-order valence-electron chi connectivity index (χ3n) is 6.86. The molecule has 38 heavy (non-hydrogen) atoms. The predicted octanol–water partition coefficient (Wildman–Crippen LogP) is 1.60. The maximum atomic E-state index is 13.2. The summed E-state index contributed by atoms with van der Waals surface area (Å²) in [6, 6.07) is 2.00. The van der Waals surface area contributed by atoms with Gasteiger partial charge in [0.25, 0.3) is 5.91 Å². The van der Waals surface area contributed by atoms with Crippen LogP contribution < -0.4 is 16.0 Å². The minimum Gasteiger partial charge on any atom is -0.349 e. The summed E-state index contributed by atoms with van der Waals surface area (Å²) in [5, 5.41) is 9.02. The van der Waals surface area contributed by atoms with Gasteiger partial charge in [-0.15, -0.1) is 11.3 Å². The van der Waals surface area contributed by atoms with Crippen molar-refractivity contribution >= 4 is 52.4 Å². The summed E-state index contributed by atoms with van der Waals surface area (Å²) in [5.74, 6) is -2.23. The largest absolute Gasteiger partial charge is 0.349 e. The van der Waals surface area contributed by atoms with Gasteiger partial charge in [0.15, 0.2) is 5.01 Å². The Hall–Kier alpha value is -3.09. The standard InChI is InChI=1S/C25H32ClN7O4S/c1-13-15(26)6-8-20(27-13)31-22(35)21(34)28-16-7-5-14(25(37)32(2)3)11-18(16)29-23(36)24-30-17-9-10-33(4)12-19(17)38-24/h6,8,14,16,18H,5,7,9-12H2,1-4H3,(H,28,34)(H,29,36)(H,27,31,35)/t14-,16-,18+/m0/s1. The molecule has 1 saturated carbocycles. The number of fused-ring (bicyclic) bond motifs is 1. The third kappa shape index (κ3) is 6.48. The first kappa shape index (κ1) is 27.9. The average molecular weight is 562 g/mol. The predicted molar refractivity (Wildman–Crippen MR) is 144 cm³/mol. The molecule has 11 nitrogen and oxygen atoms in total. The highest BCUT2D eigenvalue weighted by molar-refractivity contribution is 7.13. The molecule has 0 bridgehead atoms. The number of carbonyl (C=O) groups is 4. The zero-order valence-corrected chi connectivity index (χ0v) is 23.4. The number of hydrogen-bond donors (Lipinski definition) is 3. The number of anilines is 1. The summed E-state index contributed by atoms with van der Waals surface area (Å²) in [6.45, 7) is 3.32. The highest BCUT2D eigenvalue weighted by Crippen LogP contribution is 2.28. The number of aryl methyl sites for hydroxylation is 1. The van der Waals surface area contributed by atoms with Gasteiger partial charge in [0, 0.05) is 50.4 Å². The van der Waals surface area contributed by atoms with Crippen molar-refractivity contribution in [1.82, 2.24) is 30.4 Å². The second-order valence-corrected chi connectivity index (χ2v) is 11.5. The van der Waals surface area contributed by atoms with E-state index < -0.39 is 23.9 Å². The summed E-state index contributed by atoms with van der Waals surface area (Å²) in [7, 11) is 5.41. The van der Waals surface area contributed by atoms with Gasteiger partial charge in [0.05, 0.1) is 22.5 Å². The summed E-state index contributed by atoms with van der Waals surface area (Å²) in [4.78, 5) is 64.7. The van der Waals surface area contributed by atoms with Gasteiger partial charge in [-0.05, 0) is 45.4 Å². The maximum absolute atomic E-state index is 13.2. The van der Waals surface area contributed by atoms with Gasteiger partial charge in [0.1, 0.15) is 5.82 Å². The fourth-order valence-corrected chi connectivity index (χ4v) is 5.96. The monoisotopic (exact) mass is 561 g/mol. The fraction of sp³-hybridized carbons (Fsp3) is 0.520. The van der Waals surface area contributed by atoms with Crippen molar-refractivity contribution in [3.63, 3.8) is 0 Å². The van der Waals surface area contributed by atoms with Crippen molar-refractivity contribution in [3.8, 4) is 0 Å². The van der Waals surface area contributed by atoms with Gasteiger partial charge >= 0.3 is 11.8 Å². The molecule has 1 aliphatic carbocycles. The summed E-state index contributed by atoms with van der Waals surface area (Å²) in [6.07, 6.45) is 2.06. The Balaban J connectivity index is 1.46. The minimum atomic E-state index is -0.882. The normalized spacial score (nSPS) is 21.2. The molecule has 2 aliphatic rings. The molecule has 4 amide bonds. The number of nitrogens with zero attached hydrogens (tertiary/aromatic N) is 4. The van der Waals surface area contributed by atoms with E-state index in [0.29, 0.717) is 35.0 Å². The van der Waals surface area contributed by atoms with Crippen molar-refractivity contribution in [3.05, 3.63) is 38.4 Å². The average Bonchev–Trinajstić information content (AvgIpc) is 3.30. The molecule has 1 fully saturated rings. The van der Waals surface area contributed by atoms with E-state index in [1.807, 2.05) is 7.05 Å². The SMILES string of the molecule is Cc1nc(NC(=O)C(=O)N[C@H]2CC[C@H](C(=O)N(C)C)C[C@H]2NC(=O)c2nc3c(s2)CN(C)CC3)ccc1Cl. The van der Waals surface area contributed by atoms with Gasteiger partial charge in [-0.2, -0.15) is 0 Å². The van der Waals surface area contributed by atoms with Gasteiger partial charge in [-0.25, -0.2) is 9.97 Å². The Labute approximate surface area is 230 Å². The van der Waals surface area contributed by atoms with Crippen LogP contribution >= 0.6 is 22.9 Å². The molecule has 0 radical (unpaired) electrons. The lowest BCUT2D eigenvalue weighted by Crippen LogP contribution is -2.57. The number of hydrogen-bond acceptors (Lipinski definition) is 8. The molecule has 2 aromatic rings. The van der Waals surface area contributed by atoms with Crippen molar-refractivity contribution in [2.45, 2.75) is 51.2 Å². The first-order chi connectivity index (χ1) is 18.0. The van der Waals surface area contributed by atoms with E-state index in [4.69, 9.17) is 11.6 Å². The van der Waals surface area contributed by atoms with E-state index >= 15 is 0 Å². The molecule has 3 heterocycles. The molecule has 0 spiro atoms. The number of amides is 4. The van der Waals surface area contributed by atoms with Crippen molar-refractivity contribution in [1.29, 1.82) is 0 Å². The Bertz CT molecular complexity index is 1250.